The van der Waals surface area contributed by atoms with Crippen molar-refractivity contribution in [2.75, 3.05) is 31.2 Å². The summed E-state index contributed by atoms with van der Waals surface area (Å²) in [6, 6.07) is 3.65. The van der Waals surface area contributed by atoms with Gasteiger partial charge >= 0.3 is 0 Å². The largest absolute Gasteiger partial charge is 0.505 e. The van der Waals surface area contributed by atoms with E-state index in [9.17, 15) is 9.90 Å². The van der Waals surface area contributed by atoms with E-state index in [1.165, 1.54) is 0 Å². The number of morpholine rings is 1. The number of nitrogens with zero attached hydrogens (tertiary/aromatic N) is 2. The smallest absolute Gasteiger partial charge is 0.189 e. The van der Waals surface area contributed by atoms with Crippen LogP contribution in [0, 0.1) is 0 Å². The van der Waals surface area contributed by atoms with E-state index in [2.05, 4.69) is 18.7 Å². The highest BCUT2D eigenvalue weighted by Gasteiger charge is 2.41. The van der Waals surface area contributed by atoms with Gasteiger partial charge in [0.05, 0.1) is 13.2 Å². The topological polar surface area (TPSA) is 75.8 Å². The summed E-state index contributed by atoms with van der Waals surface area (Å²) in [5.74, 6) is 1.15. The van der Waals surface area contributed by atoms with E-state index < -0.39 is 0 Å². The van der Waals surface area contributed by atoms with Crippen LogP contribution in [-0.4, -0.2) is 36.4 Å². The molecule has 0 aromatic heterocycles. The van der Waals surface area contributed by atoms with Crippen LogP contribution in [0.1, 0.15) is 62.1 Å². The summed E-state index contributed by atoms with van der Waals surface area (Å²) >= 11 is 0. The molecular formula is C23H26N2O4. The molecule has 1 aromatic carbocycles. The third kappa shape index (κ3) is 2.58. The predicted molar refractivity (Wildman–Crippen MR) is 113 cm³/mol. The lowest BCUT2D eigenvalue weighted by molar-refractivity contribution is 0.122. The van der Waals surface area contributed by atoms with Gasteiger partial charge < -0.3 is 19.2 Å². The molecule has 5 rings (SSSR count). The maximum absolute atomic E-state index is 13.2. The van der Waals surface area contributed by atoms with Crippen molar-refractivity contribution >= 4 is 16.8 Å². The number of aromatic nitrogens is 1. The van der Waals surface area contributed by atoms with Gasteiger partial charge in [-0.2, -0.15) is 0 Å². The summed E-state index contributed by atoms with van der Waals surface area (Å²) in [5.41, 5.74) is 5.15. The summed E-state index contributed by atoms with van der Waals surface area (Å²) in [7, 11) is 0. The molecule has 1 fully saturated rings. The number of rotatable bonds is 2. The van der Waals surface area contributed by atoms with Gasteiger partial charge in [-0.05, 0) is 23.3 Å². The lowest BCUT2D eigenvalue weighted by atomic mass is 9.66. The molecule has 0 spiro atoms. The minimum atomic E-state index is 0.0254. The van der Waals surface area contributed by atoms with E-state index in [1.54, 1.807) is 6.07 Å². The SMILES string of the molecule is CC(C)c1c2oc3cc(N4CCOCC4)cc(O)c3nc-2c2c(c1=O)C(C)C2C. The normalized spacial score (nSPS) is 21.6. The van der Waals surface area contributed by atoms with Gasteiger partial charge in [0.1, 0.15) is 17.0 Å². The van der Waals surface area contributed by atoms with Gasteiger partial charge in [-0.25, -0.2) is 4.98 Å². The molecule has 2 atom stereocenters. The molecule has 0 bridgehead atoms. The van der Waals surface area contributed by atoms with Crippen molar-refractivity contribution in [2.45, 2.75) is 45.4 Å². The Morgan fingerprint density at radius 2 is 1.83 bits per heavy atom. The zero-order valence-corrected chi connectivity index (χ0v) is 17.3. The van der Waals surface area contributed by atoms with Gasteiger partial charge in [-0.15, -0.1) is 0 Å². The molecule has 0 amide bonds. The maximum Gasteiger partial charge on any atom is 0.189 e. The minimum Gasteiger partial charge on any atom is -0.505 e. The lowest BCUT2D eigenvalue weighted by Gasteiger charge is -2.37. The van der Waals surface area contributed by atoms with Gasteiger partial charge in [0.25, 0.3) is 0 Å². The van der Waals surface area contributed by atoms with Crippen molar-refractivity contribution in [1.82, 2.24) is 4.98 Å². The first kappa shape index (κ1) is 18.4. The molecule has 0 saturated carbocycles. The number of ether oxygens (including phenoxy) is 1. The zero-order chi connectivity index (χ0) is 20.4. The number of fused-ring (bicyclic) bond motifs is 4. The van der Waals surface area contributed by atoms with Crippen LogP contribution in [0.25, 0.3) is 22.6 Å². The second kappa shape index (κ2) is 6.46. The van der Waals surface area contributed by atoms with Gasteiger partial charge in [0, 0.05) is 42.0 Å². The average Bonchev–Trinajstić information content (AvgIpc) is 2.71. The third-order valence-corrected chi connectivity index (χ3v) is 6.58. The summed E-state index contributed by atoms with van der Waals surface area (Å²) < 4.78 is 11.7. The van der Waals surface area contributed by atoms with E-state index in [4.69, 9.17) is 14.1 Å². The van der Waals surface area contributed by atoms with Gasteiger partial charge in [0.15, 0.2) is 16.8 Å². The zero-order valence-electron chi connectivity index (χ0n) is 17.3. The molecule has 2 heterocycles. The molecule has 29 heavy (non-hydrogen) atoms. The van der Waals surface area contributed by atoms with Crippen LogP contribution >= 0.6 is 0 Å². The monoisotopic (exact) mass is 394 g/mol. The predicted octanol–water partition coefficient (Wildman–Crippen LogP) is 4.18. The molecule has 2 aliphatic carbocycles. The van der Waals surface area contributed by atoms with Crippen LogP contribution in [0.3, 0.4) is 0 Å². The third-order valence-electron chi connectivity index (χ3n) is 6.58. The first-order valence-corrected chi connectivity index (χ1v) is 10.4. The molecule has 4 aliphatic rings. The Morgan fingerprint density at radius 3 is 2.52 bits per heavy atom. The van der Waals surface area contributed by atoms with Gasteiger partial charge in [0.2, 0.25) is 0 Å². The maximum atomic E-state index is 13.2. The van der Waals surface area contributed by atoms with Crippen molar-refractivity contribution in [3.8, 4) is 17.2 Å². The second-order valence-electron chi connectivity index (χ2n) is 8.60. The fourth-order valence-electron chi connectivity index (χ4n) is 4.80. The van der Waals surface area contributed by atoms with Crippen molar-refractivity contribution in [2.24, 2.45) is 0 Å². The molecule has 2 unspecified atom stereocenters. The van der Waals surface area contributed by atoms with Gasteiger partial charge in [-0.3, -0.25) is 4.79 Å². The summed E-state index contributed by atoms with van der Waals surface area (Å²) in [6.07, 6.45) is 0. The minimum absolute atomic E-state index is 0.0254. The number of anilines is 1. The standard InChI is InChI=1S/C23H26N2O4/c1-11(2)17-22(27)19-13(4)12(3)18(19)21-23(17)29-16-10-14(9-15(26)20(16)24-21)25-5-7-28-8-6-25/h9-13,26H,5-8H2,1-4H3. The molecule has 0 radical (unpaired) electrons. The van der Waals surface area contributed by atoms with Crippen molar-refractivity contribution < 1.29 is 14.3 Å². The van der Waals surface area contributed by atoms with E-state index in [-0.39, 0.29) is 28.9 Å². The quantitative estimate of drug-likeness (QED) is 0.657. The fraction of sp³-hybridized carbons (Fsp3) is 0.478. The van der Waals surface area contributed by atoms with Crippen molar-refractivity contribution in [3.05, 3.63) is 39.0 Å². The summed E-state index contributed by atoms with van der Waals surface area (Å²) in [4.78, 5) is 20.2. The van der Waals surface area contributed by atoms with Crippen molar-refractivity contribution in [3.63, 3.8) is 0 Å². The van der Waals surface area contributed by atoms with Crippen LogP contribution in [0.5, 0.6) is 5.75 Å². The van der Waals surface area contributed by atoms with Crippen LogP contribution in [0.2, 0.25) is 0 Å². The second-order valence-corrected chi connectivity index (χ2v) is 8.60. The molecule has 1 saturated heterocycles. The summed E-state index contributed by atoms with van der Waals surface area (Å²) in [6.45, 7) is 11.1. The number of hydrogen-bond acceptors (Lipinski definition) is 6. The number of benzene rings is 2. The fourth-order valence-corrected chi connectivity index (χ4v) is 4.80. The Labute approximate surface area is 169 Å². The number of phenols is 1. The van der Waals surface area contributed by atoms with Gasteiger partial charge in [-0.1, -0.05) is 27.7 Å². The number of hydrogen-bond donors (Lipinski definition) is 1. The molecular weight excluding hydrogens is 368 g/mol. The highest BCUT2D eigenvalue weighted by atomic mass is 16.5. The Kier molecular flexibility index (Phi) is 4.10. The number of phenolic OH excluding ortho intramolecular Hbond substituents is 1. The van der Waals surface area contributed by atoms with Crippen LogP contribution < -0.4 is 10.3 Å². The van der Waals surface area contributed by atoms with Crippen molar-refractivity contribution in [1.29, 1.82) is 0 Å². The highest BCUT2D eigenvalue weighted by Crippen LogP contribution is 2.51. The van der Waals surface area contributed by atoms with E-state index in [0.717, 1.165) is 35.6 Å². The summed E-state index contributed by atoms with van der Waals surface area (Å²) in [5, 5.41) is 10.7. The van der Waals surface area contributed by atoms with E-state index in [1.807, 2.05) is 19.9 Å². The Hall–Kier alpha value is -2.60. The molecule has 1 aromatic rings. The van der Waals surface area contributed by atoms with Crippen LogP contribution in [0.4, 0.5) is 5.69 Å². The Balaban J connectivity index is 1.80. The molecule has 6 nitrogen and oxygen atoms in total. The molecule has 152 valence electrons. The highest BCUT2D eigenvalue weighted by molar-refractivity contribution is 5.87. The van der Waals surface area contributed by atoms with Crippen LogP contribution in [0.15, 0.2) is 21.3 Å². The molecule has 6 heteroatoms. The first-order chi connectivity index (χ1) is 13.9. The molecule has 2 aliphatic heterocycles. The Morgan fingerprint density at radius 1 is 1.14 bits per heavy atom. The lowest BCUT2D eigenvalue weighted by Crippen LogP contribution is -2.36. The molecule has 1 N–H and O–H groups in total. The van der Waals surface area contributed by atoms with E-state index >= 15 is 0 Å². The van der Waals surface area contributed by atoms with Crippen LogP contribution in [-0.2, 0) is 4.74 Å². The average molecular weight is 394 g/mol. The Bertz CT molecular complexity index is 1140. The first-order valence-electron chi connectivity index (χ1n) is 10.4. The number of aromatic hydroxyl groups is 1. The van der Waals surface area contributed by atoms with E-state index in [0.29, 0.717) is 35.6 Å².